The summed E-state index contributed by atoms with van der Waals surface area (Å²) >= 11 is 0. The van der Waals surface area contributed by atoms with Gasteiger partial charge in [-0.3, -0.25) is 0 Å². The number of rotatable bonds is 2. The molecule has 0 unspecified atom stereocenters. The molecular formula is C23H20N2O. The van der Waals surface area contributed by atoms with Crippen LogP contribution in [0.2, 0.25) is 0 Å². The van der Waals surface area contributed by atoms with Crippen LogP contribution in [0.5, 0.6) is 5.75 Å². The summed E-state index contributed by atoms with van der Waals surface area (Å²) in [7, 11) is 0. The summed E-state index contributed by atoms with van der Waals surface area (Å²) < 4.78 is 6.37. The molecule has 2 aliphatic rings. The van der Waals surface area contributed by atoms with Crippen molar-refractivity contribution >= 4 is 5.71 Å². The van der Waals surface area contributed by atoms with Crippen LogP contribution in [0.3, 0.4) is 0 Å². The van der Waals surface area contributed by atoms with Gasteiger partial charge in [-0.05, 0) is 18.6 Å². The Morgan fingerprint density at radius 3 is 2.42 bits per heavy atom. The van der Waals surface area contributed by atoms with Gasteiger partial charge >= 0.3 is 0 Å². The average Bonchev–Trinajstić information content (AvgIpc) is 3.14. The second-order valence-electron chi connectivity index (χ2n) is 6.93. The van der Waals surface area contributed by atoms with Crippen LogP contribution in [0.4, 0.5) is 0 Å². The number of benzene rings is 3. The summed E-state index contributed by atoms with van der Waals surface area (Å²) in [5.74, 6) is 0.962. The van der Waals surface area contributed by atoms with E-state index in [4.69, 9.17) is 9.84 Å². The third kappa shape index (κ3) is 2.48. The molecule has 26 heavy (non-hydrogen) atoms. The van der Waals surface area contributed by atoms with Gasteiger partial charge in [-0.25, -0.2) is 5.01 Å². The van der Waals surface area contributed by atoms with Crippen LogP contribution >= 0.6 is 0 Å². The number of fused-ring (bicyclic) bond motifs is 3. The van der Waals surface area contributed by atoms with E-state index in [0.717, 1.165) is 23.4 Å². The SMILES string of the molecule is Cc1ccc([C@H]2Oc3ccccc3[C@@H]3CC(c4ccccc4)=NN23)cc1. The van der Waals surface area contributed by atoms with Crippen LogP contribution in [0, 0.1) is 6.92 Å². The van der Waals surface area contributed by atoms with Crippen LogP contribution in [0.15, 0.2) is 84.0 Å². The lowest BCUT2D eigenvalue weighted by molar-refractivity contribution is -0.0190. The summed E-state index contributed by atoms with van der Waals surface area (Å²) in [5, 5.41) is 7.12. The van der Waals surface area contributed by atoms with Gasteiger partial charge in [0.05, 0.1) is 11.8 Å². The number of hydrogen-bond acceptors (Lipinski definition) is 3. The normalized spacial score (nSPS) is 20.8. The van der Waals surface area contributed by atoms with Crippen LogP contribution in [0.1, 0.15) is 40.9 Å². The fourth-order valence-electron chi connectivity index (χ4n) is 3.79. The molecule has 128 valence electrons. The maximum absolute atomic E-state index is 6.37. The number of hydrazone groups is 1. The Morgan fingerprint density at radius 2 is 1.62 bits per heavy atom. The van der Waals surface area contributed by atoms with Gasteiger partial charge in [-0.2, -0.15) is 5.10 Å². The molecular weight excluding hydrogens is 320 g/mol. The first kappa shape index (κ1) is 15.2. The van der Waals surface area contributed by atoms with E-state index in [9.17, 15) is 0 Å². The van der Waals surface area contributed by atoms with Crippen LogP contribution in [-0.4, -0.2) is 10.7 Å². The monoisotopic (exact) mass is 340 g/mol. The zero-order valence-corrected chi connectivity index (χ0v) is 14.7. The molecule has 3 heteroatoms. The zero-order valence-electron chi connectivity index (χ0n) is 14.7. The lowest BCUT2D eigenvalue weighted by Crippen LogP contribution is -2.33. The van der Waals surface area contributed by atoms with Gasteiger partial charge in [-0.15, -0.1) is 0 Å². The first-order chi connectivity index (χ1) is 12.8. The minimum Gasteiger partial charge on any atom is -0.464 e. The lowest BCUT2D eigenvalue weighted by Gasteiger charge is -2.38. The average molecular weight is 340 g/mol. The van der Waals surface area contributed by atoms with Crippen molar-refractivity contribution < 1.29 is 4.74 Å². The van der Waals surface area contributed by atoms with Crippen molar-refractivity contribution in [2.24, 2.45) is 5.10 Å². The molecule has 2 atom stereocenters. The molecule has 3 nitrogen and oxygen atoms in total. The summed E-state index contributed by atoms with van der Waals surface area (Å²) in [4.78, 5) is 0. The quantitative estimate of drug-likeness (QED) is 0.637. The first-order valence-electron chi connectivity index (χ1n) is 9.03. The molecule has 0 aromatic heterocycles. The maximum atomic E-state index is 6.37. The van der Waals surface area contributed by atoms with E-state index in [1.807, 2.05) is 12.1 Å². The highest BCUT2D eigenvalue weighted by molar-refractivity contribution is 6.01. The molecule has 0 radical (unpaired) electrons. The standard InChI is InChI=1S/C23H20N2O/c1-16-11-13-18(14-12-16)23-25-21(19-9-5-6-10-22(19)26-23)15-20(24-25)17-7-3-2-4-8-17/h2-14,21,23H,15H2,1H3/t21-,23+/m0/s1. The van der Waals surface area contributed by atoms with Crippen LogP contribution in [0.25, 0.3) is 0 Å². The molecule has 3 aromatic carbocycles. The van der Waals surface area contributed by atoms with Crippen LogP contribution in [-0.2, 0) is 0 Å². The highest BCUT2D eigenvalue weighted by Crippen LogP contribution is 2.47. The Kier molecular flexibility index (Phi) is 3.52. The summed E-state index contributed by atoms with van der Waals surface area (Å²) in [6.45, 7) is 2.10. The third-order valence-corrected chi connectivity index (χ3v) is 5.17. The fourth-order valence-corrected chi connectivity index (χ4v) is 3.79. The van der Waals surface area contributed by atoms with Gasteiger partial charge in [0.15, 0.2) is 0 Å². The second-order valence-corrected chi connectivity index (χ2v) is 6.93. The van der Waals surface area contributed by atoms with Gasteiger partial charge in [0.1, 0.15) is 5.75 Å². The van der Waals surface area contributed by atoms with Crippen molar-refractivity contribution in [2.75, 3.05) is 0 Å². The number of hydrogen-bond donors (Lipinski definition) is 0. The molecule has 2 heterocycles. The molecule has 0 N–H and O–H groups in total. The van der Waals surface area contributed by atoms with E-state index in [2.05, 4.69) is 78.7 Å². The van der Waals surface area contributed by atoms with Gasteiger partial charge in [-0.1, -0.05) is 78.4 Å². The predicted octanol–water partition coefficient (Wildman–Crippen LogP) is 5.24. The highest BCUT2D eigenvalue weighted by Gasteiger charge is 2.40. The second kappa shape index (κ2) is 6.03. The van der Waals surface area contributed by atoms with Gasteiger partial charge in [0, 0.05) is 17.5 Å². The van der Waals surface area contributed by atoms with E-state index in [1.54, 1.807) is 0 Å². The van der Waals surface area contributed by atoms with E-state index in [1.165, 1.54) is 16.7 Å². The Bertz CT molecular complexity index is 963. The first-order valence-corrected chi connectivity index (χ1v) is 9.03. The number of ether oxygens (including phenoxy) is 1. The molecule has 0 aliphatic carbocycles. The van der Waals surface area contributed by atoms with Crippen molar-refractivity contribution in [3.63, 3.8) is 0 Å². The Hall–Kier alpha value is -3.07. The van der Waals surface area contributed by atoms with Gasteiger partial charge < -0.3 is 4.74 Å². The molecule has 0 bridgehead atoms. The molecule has 0 spiro atoms. The Balaban J connectivity index is 1.60. The summed E-state index contributed by atoms with van der Waals surface area (Å²) in [6.07, 6.45) is 0.698. The zero-order chi connectivity index (χ0) is 17.5. The molecule has 0 fully saturated rings. The Morgan fingerprint density at radius 1 is 0.885 bits per heavy atom. The molecule has 5 rings (SSSR count). The smallest absolute Gasteiger partial charge is 0.213 e. The minimum absolute atomic E-state index is 0.197. The van der Waals surface area contributed by atoms with E-state index in [-0.39, 0.29) is 12.3 Å². The maximum Gasteiger partial charge on any atom is 0.213 e. The number of nitrogens with zero attached hydrogens (tertiary/aromatic N) is 2. The van der Waals surface area contributed by atoms with E-state index >= 15 is 0 Å². The van der Waals surface area contributed by atoms with Crippen molar-refractivity contribution in [3.05, 3.63) is 101 Å². The van der Waals surface area contributed by atoms with Crippen molar-refractivity contribution in [2.45, 2.75) is 25.6 Å². The molecule has 0 saturated carbocycles. The minimum atomic E-state index is -0.197. The van der Waals surface area contributed by atoms with Crippen molar-refractivity contribution in [1.82, 2.24) is 5.01 Å². The fraction of sp³-hybridized carbons (Fsp3) is 0.174. The van der Waals surface area contributed by atoms with E-state index < -0.39 is 0 Å². The summed E-state index contributed by atoms with van der Waals surface area (Å²) in [6, 6.07) is 27.5. The topological polar surface area (TPSA) is 24.8 Å². The van der Waals surface area contributed by atoms with Crippen molar-refractivity contribution in [3.8, 4) is 5.75 Å². The van der Waals surface area contributed by atoms with E-state index in [0.29, 0.717) is 0 Å². The third-order valence-electron chi connectivity index (χ3n) is 5.17. The molecule has 0 saturated heterocycles. The molecule has 3 aromatic rings. The van der Waals surface area contributed by atoms with Gasteiger partial charge in [0.25, 0.3) is 0 Å². The van der Waals surface area contributed by atoms with Crippen molar-refractivity contribution in [1.29, 1.82) is 0 Å². The van der Waals surface area contributed by atoms with Crippen LogP contribution < -0.4 is 4.74 Å². The highest BCUT2D eigenvalue weighted by atomic mass is 16.5. The lowest BCUT2D eigenvalue weighted by atomic mass is 9.96. The largest absolute Gasteiger partial charge is 0.464 e. The Labute approximate surface area is 153 Å². The molecule has 0 amide bonds. The number of aryl methyl sites for hydroxylation is 1. The van der Waals surface area contributed by atoms with Gasteiger partial charge in [0.2, 0.25) is 6.23 Å². The summed E-state index contributed by atoms with van der Waals surface area (Å²) in [5.41, 5.74) is 5.89. The predicted molar refractivity (Wildman–Crippen MR) is 103 cm³/mol. The number of para-hydroxylation sites is 1. The molecule has 2 aliphatic heterocycles.